The van der Waals surface area contributed by atoms with E-state index in [9.17, 15) is 4.79 Å². The molecule has 0 bridgehead atoms. The van der Waals surface area contributed by atoms with Gasteiger partial charge in [-0.15, -0.1) is 0 Å². The number of aromatic nitrogens is 2. The van der Waals surface area contributed by atoms with E-state index in [4.69, 9.17) is 17.3 Å². The lowest BCUT2D eigenvalue weighted by Crippen LogP contribution is -2.15. The average molecular weight is 303 g/mol. The Morgan fingerprint density at radius 3 is 2.90 bits per heavy atom. The summed E-state index contributed by atoms with van der Waals surface area (Å²) in [5.74, 6) is -0.274. The molecule has 3 rings (SSSR count). The van der Waals surface area contributed by atoms with Gasteiger partial charge < -0.3 is 11.1 Å². The molecular weight excluding hydrogens is 288 g/mol. The Morgan fingerprint density at radius 2 is 2.19 bits per heavy atom. The standard InChI is InChI=1S/C15H15ClN4O/c1-8-4-6-19-14(16)12(8)20-11-7-10(11)13-9(15(17)21)3-2-5-18-13/h2-6,10-11,20H,7H2,1H3,(H2,17,21). The minimum absolute atomic E-state index is 0.171. The second-order valence-electron chi connectivity index (χ2n) is 5.19. The number of aryl methyl sites for hydroxylation is 1. The molecule has 21 heavy (non-hydrogen) atoms. The van der Waals surface area contributed by atoms with Crippen LogP contribution in [0.15, 0.2) is 30.6 Å². The third-order valence-corrected chi connectivity index (χ3v) is 3.98. The third kappa shape index (κ3) is 2.69. The van der Waals surface area contributed by atoms with E-state index in [0.29, 0.717) is 10.7 Å². The van der Waals surface area contributed by atoms with Crippen LogP contribution in [-0.4, -0.2) is 21.9 Å². The van der Waals surface area contributed by atoms with Crippen LogP contribution in [0, 0.1) is 6.92 Å². The second-order valence-corrected chi connectivity index (χ2v) is 5.55. The summed E-state index contributed by atoms with van der Waals surface area (Å²) in [7, 11) is 0. The highest BCUT2D eigenvalue weighted by atomic mass is 35.5. The molecular formula is C15H15ClN4O. The van der Waals surface area contributed by atoms with Crippen LogP contribution in [0.5, 0.6) is 0 Å². The number of hydrogen-bond acceptors (Lipinski definition) is 4. The molecule has 1 aliphatic rings. The van der Waals surface area contributed by atoms with Crippen molar-refractivity contribution in [2.75, 3.05) is 5.32 Å². The molecule has 2 aromatic heterocycles. The molecule has 1 amide bonds. The summed E-state index contributed by atoms with van der Waals surface area (Å²) in [4.78, 5) is 19.8. The van der Waals surface area contributed by atoms with Crippen molar-refractivity contribution in [1.29, 1.82) is 0 Å². The fourth-order valence-corrected chi connectivity index (χ4v) is 2.72. The highest BCUT2D eigenvalue weighted by Crippen LogP contribution is 2.44. The Kier molecular flexibility index (Phi) is 3.51. The molecule has 2 atom stereocenters. The number of nitrogens with one attached hydrogen (secondary N) is 1. The normalized spacial score (nSPS) is 20.1. The summed E-state index contributed by atoms with van der Waals surface area (Å²) < 4.78 is 0. The fourth-order valence-electron chi connectivity index (χ4n) is 2.46. The number of nitrogens with two attached hydrogens (primary N) is 1. The maximum absolute atomic E-state index is 11.5. The summed E-state index contributed by atoms with van der Waals surface area (Å²) in [5, 5.41) is 3.84. The molecule has 0 spiro atoms. The maximum Gasteiger partial charge on any atom is 0.250 e. The Balaban J connectivity index is 1.80. The lowest BCUT2D eigenvalue weighted by atomic mass is 10.1. The van der Waals surface area contributed by atoms with E-state index < -0.39 is 5.91 Å². The Bertz CT molecular complexity index is 684. The molecule has 0 aromatic carbocycles. The topological polar surface area (TPSA) is 80.9 Å². The molecule has 1 aliphatic carbocycles. The minimum Gasteiger partial charge on any atom is -0.379 e. The van der Waals surface area contributed by atoms with Gasteiger partial charge in [0, 0.05) is 24.4 Å². The zero-order valence-electron chi connectivity index (χ0n) is 11.5. The van der Waals surface area contributed by atoms with Crippen molar-refractivity contribution < 1.29 is 4.79 Å². The number of pyridine rings is 2. The fraction of sp³-hybridized carbons (Fsp3) is 0.267. The monoisotopic (exact) mass is 302 g/mol. The van der Waals surface area contributed by atoms with Gasteiger partial charge in [0.25, 0.3) is 5.91 Å². The van der Waals surface area contributed by atoms with Crippen LogP contribution in [0.25, 0.3) is 0 Å². The zero-order valence-corrected chi connectivity index (χ0v) is 12.3. The van der Waals surface area contributed by atoms with Crippen LogP contribution in [0.4, 0.5) is 5.69 Å². The second kappa shape index (κ2) is 5.33. The van der Waals surface area contributed by atoms with Crippen LogP contribution < -0.4 is 11.1 Å². The number of anilines is 1. The van der Waals surface area contributed by atoms with E-state index in [-0.39, 0.29) is 12.0 Å². The molecule has 5 nitrogen and oxygen atoms in total. The number of carbonyl (C=O) groups excluding carboxylic acids is 1. The summed E-state index contributed by atoms with van der Waals surface area (Å²) >= 11 is 6.11. The molecule has 0 radical (unpaired) electrons. The van der Waals surface area contributed by atoms with Crippen LogP contribution >= 0.6 is 11.6 Å². The lowest BCUT2D eigenvalue weighted by molar-refractivity contribution is 0.0999. The van der Waals surface area contributed by atoms with Crippen LogP contribution in [-0.2, 0) is 0 Å². The van der Waals surface area contributed by atoms with E-state index in [0.717, 1.165) is 23.4 Å². The molecule has 0 aliphatic heterocycles. The van der Waals surface area contributed by atoms with Crippen LogP contribution in [0.2, 0.25) is 5.15 Å². The zero-order chi connectivity index (χ0) is 15.0. The molecule has 1 fully saturated rings. The van der Waals surface area contributed by atoms with Crippen LogP contribution in [0.3, 0.4) is 0 Å². The van der Waals surface area contributed by atoms with Gasteiger partial charge in [0.1, 0.15) is 0 Å². The van der Waals surface area contributed by atoms with E-state index >= 15 is 0 Å². The van der Waals surface area contributed by atoms with E-state index in [1.54, 1.807) is 24.5 Å². The minimum atomic E-state index is -0.445. The third-order valence-electron chi connectivity index (χ3n) is 3.69. The van der Waals surface area contributed by atoms with Gasteiger partial charge in [-0.05, 0) is 37.1 Å². The van der Waals surface area contributed by atoms with Gasteiger partial charge in [0.2, 0.25) is 0 Å². The quantitative estimate of drug-likeness (QED) is 0.850. The number of carbonyl (C=O) groups is 1. The van der Waals surface area contributed by atoms with Crippen molar-refractivity contribution >= 4 is 23.2 Å². The molecule has 6 heteroatoms. The number of rotatable bonds is 4. The van der Waals surface area contributed by atoms with Gasteiger partial charge in [0.05, 0.1) is 16.9 Å². The molecule has 0 saturated heterocycles. The Hall–Kier alpha value is -2.14. The van der Waals surface area contributed by atoms with E-state index in [1.165, 1.54) is 0 Å². The first-order valence-corrected chi connectivity index (χ1v) is 7.08. The maximum atomic E-state index is 11.5. The number of hydrogen-bond donors (Lipinski definition) is 2. The Labute approximate surface area is 127 Å². The van der Waals surface area contributed by atoms with Crippen molar-refractivity contribution in [3.63, 3.8) is 0 Å². The van der Waals surface area contributed by atoms with Gasteiger partial charge in [-0.2, -0.15) is 0 Å². The highest BCUT2D eigenvalue weighted by Gasteiger charge is 2.41. The molecule has 2 heterocycles. The molecule has 1 saturated carbocycles. The van der Waals surface area contributed by atoms with Gasteiger partial charge in [-0.1, -0.05) is 11.6 Å². The number of primary amides is 1. The predicted octanol–water partition coefficient (Wildman–Crippen LogP) is 2.51. The van der Waals surface area contributed by atoms with Gasteiger partial charge in [-0.25, -0.2) is 4.98 Å². The van der Waals surface area contributed by atoms with Crippen molar-refractivity contribution in [2.45, 2.75) is 25.3 Å². The molecule has 3 N–H and O–H groups in total. The SMILES string of the molecule is Cc1ccnc(Cl)c1NC1CC1c1ncccc1C(N)=O. The van der Waals surface area contributed by atoms with Crippen molar-refractivity contribution in [3.05, 3.63) is 52.6 Å². The first-order chi connectivity index (χ1) is 10.1. The van der Waals surface area contributed by atoms with Gasteiger partial charge in [-0.3, -0.25) is 9.78 Å². The molecule has 2 aromatic rings. The number of nitrogens with zero attached hydrogens (tertiary/aromatic N) is 2. The lowest BCUT2D eigenvalue weighted by Gasteiger charge is -2.11. The highest BCUT2D eigenvalue weighted by molar-refractivity contribution is 6.32. The smallest absolute Gasteiger partial charge is 0.250 e. The summed E-state index contributed by atoms with van der Waals surface area (Å²) in [6, 6.07) is 5.53. The Morgan fingerprint density at radius 1 is 1.38 bits per heavy atom. The average Bonchev–Trinajstić information content (AvgIpc) is 3.22. The van der Waals surface area contributed by atoms with Crippen molar-refractivity contribution in [2.24, 2.45) is 5.73 Å². The summed E-state index contributed by atoms with van der Waals surface area (Å²) in [6.07, 6.45) is 4.25. The molecule has 2 unspecified atom stereocenters. The number of amides is 1. The van der Waals surface area contributed by atoms with Gasteiger partial charge in [0.15, 0.2) is 5.15 Å². The first-order valence-electron chi connectivity index (χ1n) is 6.70. The summed E-state index contributed by atoms with van der Waals surface area (Å²) in [5.41, 5.74) is 8.51. The summed E-state index contributed by atoms with van der Waals surface area (Å²) in [6.45, 7) is 1.98. The van der Waals surface area contributed by atoms with E-state index in [2.05, 4.69) is 15.3 Å². The molecule has 108 valence electrons. The first kappa shape index (κ1) is 13.8. The van der Waals surface area contributed by atoms with Crippen molar-refractivity contribution in [1.82, 2.24) is 9.97 Å². The van der Waals surface area contributed by atoms with Crippen molar-refractivity contribution in [3.8, 4) is 0 Å². The van der Waals surface area contributed by atoms with Gasteiger partial charge >= 0.3 is 0 Å². The van der Waals surface area contributed by atoms with E-state index in [1.807, 2.05) is 13.0 Å². The largest absolute Gasteiger partial charge is 0.379 e. The number of halogens is 1. The van der Waals surface area contributed by atoms with Crippen LogP contribution in [0.1, 0.15) is 34.0 Å². The predicted molar refractivity (Wildman–Crippen MR) is 81.5 cm³/mol.